The first-order chi connectivity index (χ1) is 12.0. The van der Waals surface area contributed by atoms with Crippen molar-refractivity contribution in [3.63, 3.8) is 0 Å². The van der Waals surface area contributed by atoms with Crippen LogP contribution in [0.3, 0.4) is 0 Å². The van der Waals surface area contributed by atoms with Gasteiger partial charge in [-0.05, 0) is 71.5 Å². The lowest BCUT2D eigenvalue weighted by Gasteiger charge is -2.18. The van der Waals surface area contributed by atoms with Crippen molar-refractivity contribution in [1.82, 2.24) is 4.90 Å². The van der Waals surface area contributed by atoms with Gasteiger partial charge >= 0.3 is 0 Å². The molecule has 0 unspecified atom stereocenters. The minimum absolute atomic E-state index is 0.304. The lowest BCUT2D eigenvalue weighted by atomic mass is 10.2. The lowest BCUT2D eigenvalue weighted by molar-refractivity contribution is 0.102. The fourth-order valence-corrected chi connectivity index (χ4v) is 2.87. The van der Waals surface area contributed by atoms with Crippen molar-refractivity contribution in [3.05, 3.63) is 58.3 Å². The summed E-state index contributed by atoms with van der Waals surface area (Å²) in [6.07, 6.45) is 0. The molecule has 0 bridgehead atoms. The summed E-state index contributed by atoms with van der Waals surface area (Å²) in [5.74, 6) is 0.0600. The van der Waals surface area contributed by atoms with Crippen LogP contribution in [0.2, 0.25) is 0 Å². The first-order valence-corrected chi connectivity index (χ1v) is 9.04. The molecule has 0 aliphatic rings. The largest absolute Gasteiger partial charge is 0.492 e. The van der Waals surface area contributed by atoms with E-state index < -0.39 is 5.82 Å². The average Bonchev–Trinajstić information content (AvgIpc) is 2.60. The summed E-state index contributed by atoms with van der Waals surface area (Å²) in [5.41, 5.74) is 1.03. The third-order valence-corrected chi connectivity index (χ3v) is 4.51. The SMILES string of the molecule is CCN(CC)CCOc1ccc(NC(=O)c2ccc(F)cc2Br)cc1. The van der Waals surface area contributed by atoms with Crippen molar-refractivity contribution >= 4 is 27.5 Å². The molecule has 1 amide bonds. The Morgan fingerprint density at radius 2 is 1.84 bits per heavy atom. The number of halogens is 2. The van der Waals surface area contributed by atoms with Gasteiger partial charge in [0.2, 0.25) is 0 Å². The van der Waals surface area contributed by atoms with Crippen LogP contribution < -0.4 is 10.1 Å². The molecule has 2 aromatic rings. The minimum Gasteiger partial charge on any atom is -0.492 e. The van der Waals surface area contributed by atoms with Crippen molar-refractivity contribution < 1.29 is 13.9 Å². The Bertz CT molecular complexity index is 703. The zero-order valence-corrected chi connectivity index (χ0v) is 16.0. The normalized spacial score (nSPS) is 10.8. The maximum Gasteiger partial charge on any atom is 0.256 e. The van der Waals surface area contributed by atoms with Gasteiger partial charge in [-0.3, -0.25) is 4.79 Å². The van der Waals surface area contributed by atoms with Gasteiger partial charge < -0.3 is 15.0 Å². The number of nitrogens with one attached hydrogen (secondary N) is 1. The molecule has 4 nitrogen and oxygen atoms in total. The molecule has 2 rings (SSSR count). The van der Waals surface area contributed by atoms with E-state index in [9.17, 15) is 9.18 Å². The first kappa shape index (κ1) is 19.4. The molecule has 0 spiro atoms. The predicted octanol–water partition coefficient (Wildman–Crippen LogP) is 4.56. The number of amides is 1. The van der Waals surface area contributed by atoms with Crippen LogP contribution in [-0.2, 0) is 0 Å². The van der Waals surface area contributed by atoms with E-state index in [1.54, 1.807) is 12.1 Å². The number of nitrogens with zero attached hydrogens (tertiary/aromatic N) is 1. The van der Waals surface area contributed by atoms with Crippen molar-refractivity contribution in [1.29, 1.82) is 0 Å². The molecule has 0 aliphatic carbocycles. The fraction of sp³-hybridized carbons (Fsp3) is 0.316. The Morgan fingerprint density at radius 1 is 1.16 bits per heavy atom. The molecule has 1 N–H and O–H groups in total. The van der Waals surface area contributed by atoms with Crippen LogP contribution in [0.4, 0.5) is 10.1 Å². The smallest absolute Gasteiger partial charge is 0.256 e. The highest BCUT2D eigenvalue weighted by Crippen LogP contribution is 2.21. The van der Waals surface area contributed by atoms with Gasteiger partial charge in [-0.2, -0.15) is 0 Å². The summed E-state index contributed by atoms with van der Waals surface area (Å²) >= 11 is 3.20. The molecule has 0 atom stereocenters. The van der Waals surface area contributed by atoms with Gasteiger partial charge in [0.05, 0.1) is 5.56 Å². The van der Waals surface area contributed by atoms with Gasteiger partial charge in [0, 0.05) is 16.7 Å². The highest BCUT2D eigenvalue weighted by Gasteiger charge is 2.11. The number of benzene rings is 2. The van der Waals surface area contributed by atoms with Crippen molar-refractivity contribution in [3.8, 4) is 5.75 Å². The number of ether oxygens (including phenoxy) is 1. The maximum atomic E-state index is 13.1. The molecule has 0 radical (unpaired) electrons. The number of carbonyl (C=O) groups excluding carboxylic acids is 1. The van der Waals surface area contributed by atoms with Crippen LogP contribution in [0.5, 0.6) is 5.75 Å². The molecule has 0 heterocycles. The highest BCUT2D eigenvalue weighted by molar-refractivity contribution is 9.10. The maximum absolute atomic E-state index is 13.1. The van der Waals surface area contributed by atoms with Gasteiger partial charge in [-0.25, -0.2) is 4.39 Å². The molecular formula is C19H22BrFN2O2. The van der Waals surface area contributed by atoms with Gasteiger partial charge in [0.25, 0.3) is 5.91 Å². The van der Waals surface area contributed by atoms with Gasteiger partial charge in [0.15, 0.2) is 0 Å². The molecule has 6 heteroatoms. The highest BCUT2D eigenvalue weighted by atomic mass is 79.9. The number of anilines is 1. The van der Waals surface area contributed by atoms with Gasteiger partial charge in [-0.1, -0.05) is 13.8 Å². The molecule has 0 saturated heterocycles. The van der Waals surface area contributed by atoms with Gasteiger partial charge in [0.1, 0.15) is 18.2 Å². The Hall–Kier alpha value is -1.92. The van der Waals surface area contributed by atoms with Crippen LogP contribution in [0.25, 0.3) is 0 Å². The standard InChI is InChI=1S/C19H22BrFN2O2/c1-3-23(4-2)11-12-25-16-8-6-15(7-9-16)22-19(24)17-10-5-14(21)13-18(17)20/h5-10,13H,3-4,11-12H2,1-2H3,(H,22,24). The summed E-state index contributed by atoms with van der Waals surface area (Å²) in [6, 6.07) is 11.2. The van der Waals surface area contributed by atoms with E-state index in [0.29, 0.717) is 22.3 Å². The predicted molar refractivity (Wildman–Crippen MR) is 102 cm³/mol. The van der Waals surface area contributed by atoms with E-state index in [2.05, 4.69) is 40.0 Å². The van der Waals surface area contributed by atoms with Crippen molar-refractivity contribution in [2.45, 2.75) is 13.8 Å². The van der Waals surface area contributed by atoms with Crippen molar-refractivity contribution in [2.24, 2.45) is 0 Å². The van der Waals surface area contributed by atoms with E-state index in [1.807, 2.05) is 12.1 Å². The van der Waals surface area contributed by atoms with Crippen LogP contribution >= 0.6 is 15.9 Å². The summed E-state index contributed by atoms with van der Waals surface area (Å²) < 4.78 is 19.2. The first-order valence-electron chi connectivity index (χ1n) is 8.25. The fourth-order valence-electron chi connectivity index (χ4n) is 2.34. The third kappa shape index (κ3) is 5.83. The average molecular weight is 409 g/mol. The van der Waals surface area contributed by atoms with Crippen LogP contribution in [0, 0.1) is 5.82 Å². The number of likely N-dealkylation sites (N-methyl/N-ethyl adjacent to an activating group) is 1. The molecule has 0 saturated carbocycles. The number of carbonyl (C=O) groups is 1. The summed E-state index contributed by atoms with van der Waals surface area (Å²) in [7, 11) is 0. The Morgan fingerprint density at radius 3 is 2.44 bits per heavy atom. The Labute approximate surface area is 156 Å². The molecule has 0 aromatic heterocycles. The summed E-state index contributed by atoms with van der Waals surface area (Å²) in [5, 5.41) is 2.78. The van der Waals surface area contributed by atoms with Gasteiger partial charge in [-0.15, -0.1) is 0 Å². The Kier molecular flexibility index (Phi) is 7.40. The van der Waals surface area contributed by atoms with E-state index in [1.165, 1.54) is 18.2 Å². The van der Waals surface area contributed by atoms with Crippen molar-refractivity contribution in [2.75, 3.05) is 31.6 Å². The lowest BCUT2D eigenvalue weighted by Crippen LogP contribution is -2.27. The topological polar surface area (TPSA) is 41.6 Å². The minimum atomic E-state index is -0.394. The second kappa shape index (κ2) is 9.53. The van der Waals surface area contributed by atoms with Crippen LogP contribution in [0.1, 0.15) is 24.2 Å². The molecule has 0 fully saturated rings. The number of hydrogen-bond donors (Lipinski definition) is 1. The third-order valence-electron chi connectivity index (χ3n) is 3.86. The summed E-state index contributed by atoms with van der Waals surface area (Å²) in [6.45, 7) is 7.76. The van der Waals surface area contributed by atoms with E-state index in [0.717, 1.165) is 25.4 Å². The number of hydrogen-bond acceptors (Lipinski definition) is 3. The zero-order chi connectivity index (χ0) is 18.2. The molecule has 25 heavy (non-hydrogen) atoms. The number of rotatable bonds is 8. The molecular weight excluding hydrogens is 387 g/mol. The molecule has 2 aromatic carbocycles. The zero-order valence-electron chi connectivity index (χ0n) is 14.4. The Balaban J connectivity index is 1.90. The molecule has 134 valence electrons. The monoisotopic (exact) mass is 408 g/mol. The van der Waals surface area contributed by atoms with Crippen LogP contribution in [-0.4, -0.2) is 37.0 Å². The summed E-state index contributed by atoms with van der Waals surface area (Å²) in [4.78, 5) is 14.5. The van der Waals surface area contributed by atoms with E-state index >= 15 is 0 Å². The quantitative estimate of drug-likeness (QED) is 0.695. The van der Waals surface area contributed by atoms with Crippen LogP contribution in [0.15, 0.2) is 46.9 Å². The van der Waals surface area contributed by atoms with E-state index in [4.69, 9.17) is 4.74 Å². The van der Waals surface area contributed by atoms with E-state index in [-0.39, 0.29) is 5.91 Å². The second-order valence-corrected chi connectivity index (χ2v) is 6.33. The second-order valence-electron chi connectivity index (χ2n) is 5.48. The molecule has 0 aliphatic heterocycles.